The largest absolute Gasteiger partial charge is 0.507 e. The normalized spacial score (nSPS) is 19.5. The maximum atomic E-state index is 12.7. The Morgan fingerprint density at radius 3 is 2.50 bits per heavy atom. The highest BCUT2D eigenvalue weighted by molar-refractivity contribution is 6.46. The number of Topliss-reactive ketones (excluding diaryl/α,β-unsaturated/α-hetero) is 1. The van der Waals surface area contributed by atoms with Crippen molar-refractivity contribution < 1.29 is 19.1 Å². The minimum absolute atomic E-state index is 0.0364. The zero-order chi connectivity index (χ0) is 18.8. The minimum atomic E-state index is -0.753. The van der Waals surface area contributed by atoms with E-state index in [1.807, 2.05) is 19.0 Å². The molecule has 1 atom stereocenters. The van der Waals surface area contributed by atoms with Gasteiger partial charge < -0.3 is 19.3 Å². The Labute approximate surface area is 151 Å². The number of likely N-dealkylation sites (N-methyl/N-ethyl adjacent to an activating group) is 1. The number of furan rings is 1. The number of aliphatic hydroxyl groups is 1. The van der Waals surface area contributed by atoms with E-state index in [0.717, 1.165) is 0 Å². The fraction of sp³-hybridized carbons (Fsp3) is 0.316. The molecule has 136 valence electrons. The third-order valence-electron chi connectivity index (χ3n) is 4.31. The topological polar surface area (TPSA) is 86.9 Å². The van der Waals surface area contributed by atoms with Crippen LogP contribution in [-0.4, -0.2) is 58.8 Å². The van der Waals surface area contributed by atoms with Crippen LogP contribution in [0.4, 0.5) is 0 Å². The highest BCUT2D eigenvalue weighted by Crippen LogP contribution is 2.39. The molecule has 0 spiro atoms. The molecule has 1 N–H and O–H groups in total. The van der Waals surface area contributed by atoms with Gasteiger partial charge in [0.15, 0.2) is 0 Å². The Kier molecular flexibility index (Phi) is 4.90. The number of rotatable bonds is 5. The monoisotopic (exact) mass is 355 g/mol. The maximum Gasteiger partial charge on any atom is 0.295 e. The number of carbonyl (C=O) groups excluding carboxylic acids is 2. The maximum absolute atomic E-state index is 12.7. The van der Waals surface area contributed by atoms with Crippen LogP contribution >= 0.6 is 0 Å². The van der Waals surface area contributed by atoms with Crippen LogP contribution in [-0.2, 0) is 9.59 Å². The second-order valence-corrected chi connectivity index (χ2v) is 6.48. The van der Waals surface area contributed by atoms with Gasteiger partial charge in [-0.05, 0) is 45.3 Å². The Hall–Kier alpha value is -2.93. The van der Waals surface area contributed by atoms with E-state index in [0.29, 0.717) is 30.2 Å². The van der Waals surface area contributed by atoms with Crippen LogP contribution in [0.25, 0.3) is 5.76 Å². The van der Waals surface area contributed by atoms with E-state index in [2.05, 4.69) is 4.98 Å². The van der Waals surface area contributed by atoms with Gasteiger partial charge in [-0.3, -0.25) is 14.6 Å². The first kappa shape index (κ1) is 17.9. The van der Waals surface area contributed by atoms with Crippen molar-refractivity contribution in [1.29, 1.82) is 0 Å². The summed E-state index contributed by atoms with van der Waals surface area (Å²) in [6.45, 7) is 2.71. The predicted molar refractivity (Wildman–Crippen MR) is 95.2 cm³/mol. The number of ketones is 1. The van der Waals surface area contributed by atoms with Gasteiger partial charge in [0.2, 0.25) is 0 Å². The Bertz CT molecular complexity index is 855. The Morgan fingerprint density at radius 1 is 1.23 bits per heavy atom. The van der Waals surface area contributed by atoms with Gasteiger partial charge in [0.05, 0.1) is 5.57 Å². The van der Waals surface area contributed by atoms with Crippen molar-refractivity contribution in [2.24, 2.45) is 0 Å². The van der Waals surface area contributed by atoms with Gasteiger partial charge in [0, 0.05) is 31.0 Å². The molecule has 7 heteroatoms. The van der Waals surface area contributed by atoms with Crippen molar-refractivity contribution in [3.8, 4) is 0 Å². The molecule has 1 fully saturated rings. The molecule has 1 unspecified atom stereocenters. The fourth-order valence-corrected chi connectivity index (χ4v) is 2.98. The number of likely N-dealkylation sites (tertiary alicyclic amines) is 1. The van der Waals surface area contributed by atoms with Gasteiger partial charge in [-0.25, -0.2) is 0 Å². The van der Waals surface area contributed by atoms with Crippen molar-refractivity contribution in [3.63, 3.8) is 0 Å². The molecule has 2 aromatic heterocycles. The standard InChI is InChI=1S/C19H21N3O4/c1-12-4-5-14(26-12)16-15(17(23)13-6-8-20-9-7-13)18(24)19(25)22(16)11-10-21(2)3/h4-9,16,23H,10-11H2,1-3H3/b17-15-. The molecule has 0 saturated carbocycles. The predicted octanol–water partition coefficient (Wildman–Crippen LogP) is 1.97. The molecule has 3 heterocycles. The molecule has 0 aromatic carbocycles. The van der Waals surface area contributed by atoms with Gasteiger partial charge in [-0.15, -0.1) is 0 Å². The molecule has 7 nitrogen and oxygen atoms in total. The first-order valence-corrected chi connectivity index (χ1v) is 8.30. The average Bonchev–Trinajstić information content (AvgIpc) is 3.15. The number of amides is 1. The van der Waals surface area contributed by atoms with Crippen LogP contribution in [0, 0.1) is 6.92 Å². The molecular weight excluding hydrogens is 334 g/mol. The first-order valence-electron chi connectivity index (χ1n) is 8.30. The Morgan fingerprint density at radius 2 is 1.92 bits per heavy atom. The summed E-state index contributed by atoms with van der Waals surface area (Å²) in [5.74, 6) is -0.450. The van der Waals surface area contributed by atoms with Crippen LogP contribution < -0.4 is 0 Å². The summed E-state index contributed by atoms with van der Waals surface area (Å²) < 4.78 is 5.70. The number of aromatic nitrogens is 1. The van der Waals surface area contributed by atoms with Gasteiger partial charge in [0.25, 0.3) is 11.7 Å². The van der Waals surface area contributed by atoms with Crippen molar-refractivity contribution >= 4 is 17.4 Å². The number of aliphatic hydroxyl groups excluding tert-OH is 1. The van der Waals surface area contributed by atoms with Crippen LogP contribution in [0.5, 0.6) is 0 Å². The number of carbonyl (C=O) groups is 2. The molecule has 1 saturated heterocycles. The second kappa shape index (κ2) is 7.13. The zero-order valence-electron chi connectivity index (χ0n) is 15.0. The van der Waals surface area contributed by atoms with Crippen molar-refractivity contribution in [2.75, 3.05) is 27.2 Å². The summed E-state index contributed by atoms with van der Waals surface area (Å²) >= 11 is 0. The molecule has 26 heavy (non-hydrogen) atoms. The molecular formula is C19H21N3O4. The van der Waals surface area contributed by atoms with Crippen LogP contribution in [0.15, 0.2) is 46.6 Å². The summed E-state index contributed by atoms with van der Waals surface area (Å²) in [7, 11) is 3.78. The lowest BCUT2D eigenvalue weighted by Gasteiger charge is -2.24. The van der Waals surface area contributed by atoms with Gasteiger partial charge in [-0.1, -0.05) is 0 Å². The number of nitrogens with zero attached hydrogens (tertiary/aromatic N) is 3. The molecule has 3 rings (SSSR count). The first-order chi connectivity index (χ1) is 12.4. The van der Waals surface area contributed by atoms with E-state index < -0.39 is 17.7 Å². The van der Waals surface area contributed by atoms with E-state index in [1.165, 1.54) is 17.3 Å². The minimum Gasteiger partial charge on any atom is -0.507 e. The molecule has 1 amide bonds. The van der Waals surface area contributed by atoms with E-state index in [1.54, 1.807) is 31.2 Å². The fourth-order valence-electron chi connectivity index (χ4n) is 2.98. The lowest BCUT2D eigenvalue weighted by atomic mass is 10.00. The van der Waals surface area contributed by atoms with E-state index in [9.17, 15) is 14.7 Å². The Balaban J connectivity index is 2.11. The zero-order valence-corrected chi connectivity index (χ0v) is 15.0. The summed E-state index contributed by atoms with van der Waals surface area (Å²) in [6, 6.07) is 5.93. The summed E-state index contributed by atoms with van der Waals surface area (Å²) in [6.07, 6.45) is 3.03. The van der Waals surface area contributed by atoms with Gasteiger partial charge >= 0.3 is 0 Å². The number of pyridine rings is 1. The van der Waals surface area contributed by atoms with Crippen LogP contribution in [0.3, 0.4) is 0 Å². The third-order valence-corrected chi connectivity index (χ3v) is 4.31. The quantitative estimate of drug-likeness (QED) is 0.501. The van der Waals surface area contributed by atoms with E-state index >= 15 is 0 Å². The number of hydrogen-bond acceptors (Lipinski definition) is 6. The molecule has 2 aromatic rings. The highest BCUT2D eigenvalue weighted by Gasteiger charge is 2.47. The van der Waals surface area contributed by atoms with Crippen LogP contribution in [0.1, 0.15) is 23.1 Å². The molecule has 0 aliphatic carbocycles. The molecule has 0 bridgehead atoms. The lowest BCUT2D eigenvalue weighted by Crippen LogP contribution is -2.35. The van der Waals surface area contributed by atoms with Crippen molar-refractivity contribution in [3.05, 3.63) is 59.3 Å². The number of hydrogen-bond donors (Lipinski definition) is 1. The molecule has 1 aliphatic rings. The highest BCUT2D eigenvalue weighted by atomic mass is 16.3. The smallest absolute Gasteiger partial charge is 0.295 e. The van der Waals surface area contributed by atoms with E-state index in [4.69, 9.17) is 4.42 Å². The van der Waals surface area contributed by atoms with Gasteiger partial charge in [-0.2, -0.15) is 0 Å². The van der Waals surface area contributed by atoms with Gasteiger partial charge in [0.1, 0.15) is 23.3 Å². The van der Waals surface area contributed by atoms with E-state index in [-0.39, 0.29) is 11.3 Å². The van der Waals surface area contributed by atoms with Crippen molar-refractivity contribution in [1.82, 2.24) is 14.8 Å². The average molecular weight is 355 g/mol. The summed E-state index contributed by atoms with van der Waals surface area (Å²) in [5, 5.41) is 10.7. The molecule has 0 radical (unpaired) electrons. The third kappa shape index (κ3) is 3.25. The number of aryl methyl sites for hydroxylation is 1. The lowest BCUT2D eigenvalue weighted by molar-refractivity contribution is -0.140. The molecule has 1 aliphatic heterocycles. The second-order valence-electron chi connectivity index (χ2n) is 6.48. The van der Waals surface area contributed by atoms with Crippen molar-refractivity contribution in [2.45, 2.75) is 13.0 Å². The summed E-state index contributed by atoms with van der Waals surface area (Å²) in [5.41, 5.74) is 0.466. The SMILES string of the molecule is Cc1ccc(C2/C(=C(/O)c3ccncc3)C(=O)C(=O)N2CCN(C)C)o1. The van der Waals surface area contributed by atoms with Crippen LogP contribution in [0.2, 0.25) is 0 Å². The summed E-state index contributed by atoms with van der Waals surface area (Å²) in [4.78, 5) is 32.6.